The molecule has 2 aromatic rings. The van der Waals surface area contributed by atoms with E-state index in [0.29, 0.717) is 30.7 Å². The largest absolute Gasteiger partial charge is 0.468 e. The highest BCUT2D eigenvalue weighted by molar-refractivity contribution is 7.98. The Balaban J connectivity index is 1.58. The first-order valence-corrected chi connectivity index (χ1v) is 12.5. The highest BCUT2D eigenvalue weighted by Crippen LogP contribution is 2.34. The van der Waals surface area contributed by atoms with Crippen molar-refractivity contribution in [3.8, 4) is 0 Å². The van der Waals surface area contributed by atoms with Crippen LogP contribution in [0.5, 0.6) is 0 Å². The van der Waals surface area contributed by atoms with Gasteiger partial charge in [-0.15, -0.1) is 4.91 Å². The maximum Gasteiger partial charge on any atom is 0.410 e. The number of aromatic nitrogens is 2. The molecule has 1 amide bonds. The molecule has 12 heteroatoms. The fraction of sp³-hybridized carbons (Fsp3) is 0.478. The number of thioether (sulfide) groups is 1. The molecule has 0 aliphatic carbocycles. The van der Waals surface area contributed by atoms with Gasteiger partial charge in [0.1, 0.15) is 13.2 Å². The summed E-state index contributed by atoms with van der Waals surface area (Å²) in [6.45, 7) is 1.76. The topological polar surface area (TPSA) is 140 Å². The molecule has 0 atom stereocenters. The summed E-state index contributed by atoms with van der Waals surface area (Å²) in [7, 11) is 1.30. The van der Waals surface area contributed by atoms with Gasteiger partial charge in [0.05, 0.1) is 7.11 Å². The number of nitrogen functional groups attached to an aromatic ring is 1. The number of nitrogens with two attached hydrogens (primary N) is 1. The molecule has 1 aliphatic heterocycles. The van der Waals surface area contributed by atoms with E-state index in [9.17, 15) is 14.5 Å². The summed E-state index contributed by atoms with van der Waals surface area (Å²) in [5.74, 6) is 0.0246. The number of methoxy groups -OCH3 is 1. The first-order chi connectivity index (χ1) is 16.9. The quantitative estimate of drug-likeness (QED) is 0.222. The second kappa shape index (κ2) is 12.9. The van der Waals surface area contributed by atoms with Gasteiger partial charge in [0, 0.05) is 19.6 Å². The SMILES string of the molecule is COC(=O)CN(CCC1CCN(C(=O)OCc2ccccc2)CC1)c1nc(SC)nc(N)c1N=O. The number of hydrogen-bond acceptors (Lipinski definition) is 11. The number of carbonyl (C=O) groups is 2. The monoisotopic (exact) mass is 502 g/mol. The third kappa shape index (κ3) is 7.28. The summed E-state index contributed by atoms with van der Waals surface area (Å²) in [6, 6.07) is 9.56. The number of nitroso groups, excluding NO2 is 1. The second-order valence-electron chi connectivity index (χ2n) is 8.12. The van der Waals surface area contributed by atoms with Gasteiger partial charge < -0.3 is 25.0 Å². The van der Waals surface area contributed by atoms with Crippen LogP contribution < -0.4 is 10.6 Å². The number of carbonyl (C=O) groups excluding carboxylic acids is 2. The molecule has 0 bridgehead atoms. The van der Waals surface area contributed by atoms with Crippen molar-refractivity contribution in [1.29, 1.82) is 0 Å². The first-order valence-electron chi connectivity index (χ1n) is 11.3. The zero-order valence-corrected chi connectivity index (χ0v) is 20.7. The molecule has 1 aliphatic rings. The number of ether oxygens (including phenoxy) is 2. The van der Waals surface area contributed by atoms with Crippen molar-refractivity contribution in [3.63, 3.8) is 0 Å². The first kappa shape index (κ1) is 26.2. The molecule has 2 N–H and O–H groups in total. The van der Waals surface area contributed by atoms with Crippen LogP contribution in [0, 0.1) is 10.8 Å². The van der Waals surface area contributed by atoms with Crippen LogP contribution in [-0.2, 0) is 20.9 Å². The predicted octanol–water partition coefficient (Wildman–Crippen LogP) is 3.60. The van der Waals surface area contributed by atoms with Crippen LogP contribution in [0.15, 0.2) is 40.7 Å². The molecule has 0 spiro atoms. The van der Waals surface area contributed by atoms with Crippen LogP contribution in [0.25, 0.3) is 0 Å². The van der Waals surface area contributed by atoms with E-state index in [1.807, 2.05) is 30.3 Å². The summed E-state index contributed by atoms with van der Waals surface area (Å²) in [6.07, 6.45) is 3.79. The Hall–Kier alpha value is -3.41. The van der Waals surface area contributed by atoms with Gasteiger partial charge in [0.25, 0.3) is 0 Å². The molecule has 11 nitrogen and oxygen atoms in total. The Morgan fingerprint density at radius 3 is 2.57 bits per heavy atom. The Morgan fingerprint density at radius 2 is 1.94 bits per heavy atom. The van der Waals surface area contributed by atoms with Crippen molar-refractivity contribution in [1.82, 2.24) is 14.9 Å². The van der Waals surface area contributed by atoms with Gasteiger partial charge in [0.2, 0.25) is 0 Å². The average molecular weight is 503 g/mol. The molecule has 1 aromatic carbocycles. The van der Waals surface area contributed by atoms with E-state index in [-0.39, 0.29) is 36.6 Å². The van der Waals surface area contributed by atoms with Crippen molar-refractivity contribution in [2.24, 2.45) is 11.1 Å². The third-order valence-corrected chi connectivity index (χ3v) is 6.43. The summed E-state index contributed by atoms with van der Waals surface area (Å²) in [5, 5.41) is 3.38. The van der Waals surface area contributed by atoms with Crippen LogP contribution >= 0.6 is 11.8 Å². The van der Waals surface area contributed by atoms with Gasteiger partial charge in [-0.05, 0) is 42.2 Å². The van der Waals surface area contributed by atoms with E-state index < -0.39 is 5.97 Å². The lowest BCUT2D eigenvalue weighted by molar-refractivity contribution is -0.139. The van der Waals surface area contributed by atoms with Crippen molar-refractivity contribution in [2.45, 2.75) is 31.0 Å². The van der Waals surface area contributed by atoms with E-state index in [1.54, 1.807) is 16.1 Å². The van der Waals surface area contributed by atoms with E-state index >= 15 is 0 Å². The maximum absolute atomic E-state index is 12.4. The number of benzene rings is 1. The molecule has 1 aromatic heterocycles. The summed E-state index contributed by atoms with van der Waals surface area (Å²) >= 11 is 1.27. The average Bonchev–Trinajstić information content (AvgIpc) is 2.89. The fourth-order valence-electron chi connectivity index (χ4n) is 3.87. The summed E-state index contributed by atoms with van der Waals surface area (Å²) in [4.78, 5) is 47.7. The molecule has 0 radical (unpaired) electrons. The van der Waals surface area contributed by atoms with Crippen LogP contribution in [0.1, 0.15) is 24.8 Å². The van der Waals surface area contributed by atoms with Gasteiger partial charge in [-0.3, -0.25) is 4.79 Å². The van der Waals surface area contributed by atoms with E-state index in [0.717, 1.165) is 24.8 Å². The highest BCUT2D eigenvalue weighted by atomic mass is 32.2. The standard InChI is InChI=1S/C23H30N6O5S/c1-33-18(30)14-29(21-19(27-32)20(24)25-22(26-21)35-2)13-10-16-8-11-28(12-9-16)23(31)34-15-17-6-4-3-5-7-17/h3-7,16H,8-15H2,1-2H3,(H2,24,25,26). The molecular formula is C23H30N6O5S. The molecule has 0 saturated carbocycles. The van der Waals surface area contributed by atoms with Crippen LogP contribution in [0.3, 0.4) is 0 Å². The van der Waals surface area contributed by atoms with Crippen molar-refractivity contribution >= 4 is 41.1 Å². The van der Waals surface area contributed by atoms with Crippen molar-refractivity contribution in [3.05, 3.63) is 40.8 Å². The lowest BCUT2D eigenvalue weighted by atomic mass is 9.93. The van der Waals surface area contributed by atoms with Gasteiger partial charge in [-0.25, -0.2) is 14.8 Å². The number of esters is 1. The molecule has 2 heterocycles. The number of hydrogen-bond donors (Lipinski definition) is 1. The molecule has 1 saturated heterocycles. The minimum Gasteiger partial charge on any atom is -0.468 e. The number of nitrogens with zero attached hydrogens (tertiary/aromatic N) is 5. The Kier molecular flexibility index (Phi) is 9.65. The lowest BCUT2D eigenvalue weighted by Gasteiger charge is -2.32. The van der Waals surface area contributed by atoms with Gasteiger partial charge in [0.15, 0.2) is 22.5 Å². The van der Waals surface area contributed by atoms with E-state index in [4.69, 9.17) is 15.2 Å². The Morgan fingerprint density at radius 1 is 1.23 bits per heavy atom. The third-order valence-electron chi connectivity index (χ3n) is 5.88. The van der Waals surface area contributed by atoms with Crippen molar-refractivity contribution < 1.29 is 19.1 Å². The minimum absolute atomic E-state index is 0.0356. The number of piperidine rings is 1. The van der Waals surface area contributed by atoms with E-state index in [1.165, 1.54) is 18.9 Å². The smallest absolute Gasteiger partial charge is 0.410 e. The van der Waals surface area contributed by atoms with Gasteiger partial charge in [-0.1, -0.05) is 42.1 Å². The maximum atomic E-state index is 12.4. The van der Waals surface area contributed by atoms with Crippen LogP contribution in [-0.4, -0.2) is 66.5 Å². The van der Waals surface area contributed by atoms with Crippen molar-refractivity contribution in [2.75, 3.05) is 50.2 Å². The van der Waals surface area contributed by atoms with Gasteiger partial charge >= 0.3 is 12.1 Å². The summed E-state index contributed by atoms with van der Waals surface area (Å²) in [5.41, 5.74) is 6.75. The van der Waals surface area contributed by atoms with Crippen LogP contribution in [0.2, 0.25) is 0 Å². The lowest BCUT2D eigenvalue weighted by Crippen LogP contribution is -2.40. The predicted molar refractivity (Wildman–Crippen MR) is 133 cm³/mol. The normalized spacial score (nSPS) is 13.8. The molecule has 0 unspecified atom stereocenters. The number of rotatable bonds is 10. The highest BCUT2D eigenvalue weighted by Gasteiger charge is 2.26. The Bertz CT molecular complexity index is 1020. The zero-order chi connectivity index (χ0) is 25.2. The fourth-order valence-corrected chi connectivity index (χ4v) is 4.24. The number of likely N-dealkylation sites (tertiary alicyclic amines) is 1. The molecule has 35 heavy (non-hydrogen) atoms. The second-order valence-corrected chi connectivity index (χ2v) is 8.89. The minimum atomic E-state index is -0.472. The molecule has 188 valence electrons. The Labute approximate surface area is 208 Å². The van der Waals surface area contributed by atoms with Gasteiger partial charge in [-0.2, -0.15) is 0 Å². The molecule has 3 rings (SSSR count). The number of anilines is 2. The van der Waals surface area contributed by atoms with E-state index in [2.05, 4.69) is 15.1 Å². The molecular weight excluding hydrogens is 472 g/mol. The summed E-state index contributed by atoms with van der Waals surface area (Å²) < 4.78 is 10.3. The molecule has 1 fully saturated rings. The zero-order valence-electron chi connectivity index (χ0n) is 19.9. The number of amides is 1. The van der Waals surface area contributed by atoms with Crippen LogP contribution in [0.4, 0.5) is 22.1 Å².